The monoisotopic (exact) mass is 462 g/mol. The Balaban J connectivity index is 1.78. The molecule has 0 saturated carbocycles. The molecule has 0 saturated heterocycles. The van der Waals surface area contributed by atoms with E-state index in [2.05, 4.69) is 10.3 Å². The topological polar surface area (TPSA) is 93.5 Å². The number of hydrogen-bond donors (Lipinski definition) is 1. The van der Waals surface area contributed by atoms with Gasteiger partial charge < -0.3 is 14.6 Å². The van der Waals surface area contributed by atoms with E-state index in [1.54, 1.807) is 26.2 Å². The van der Waals surface area contributed by atoms with Crippen molar-refractivity contribution in [3.05, 3.63) is 48.5 Å². The summed E-state index contributed by atoms with van der Waals surface area (Å²) >= 11 is 1.35. The lowest BCUT2D eigenvalue weighted by molar-refractivity contribution is -0.115. The van der Waals surface area contributed by atoms with Gasteiger partial charge in [0.25, 0.3) is 0 Å². The number of benzene rings is 2. The standard InChI is InChI=1S/C21H26N4O4S2/c1-15(20(26)22-16-8-7-9-17(14-16)31(27,28)24(2)3)30-21-23-18-10-5-6-11-19(18)25(21)12-13-29-4/h5-11,14-15H,12-13H2,1-4H3,(H,22,26). The number of nitrogens with one attached hydrogen (secondary N) is 1. The molecule has 0 bridgehead atoms. The number of thioether (sulfide) groups is 1. The van der Waals surface area contributed by atoms with Crippen LogP contribution in [0.3, 0.4) is 0 Å². The summed E-state index contributed by atoms with van der Waals surface area (Å²) in [6.07, 6.45) is 0. The predicted octanol–water partition coefficient (Wildman–Crippen LogP) is 3.05. The first-order valence-corrected chi connectivity index (χ1v) is 12.0. The largest absolute Gasteiger partial charge is 0.383 e. The normalized spacial score (nSPS) is 12.9. The number of amides is 1. The first-order chi connectivity index (χ1) is 14.7. The molecule has 1 heterocycles. The average Bonchev–Trinajstić information content (AvgIpc) is 3.09. The zero-order valence-electron chi connectivity index (χ0n) is 17.9. The van der Waals surface area contributed by atoms with Crippen LogP contribution in [0.2, 0.25) is 0 Å². The Morgan fingerprint density at radius 2 is 1.97 bits per heavy atom. The fraction of sp³-hybridized carbons (Fsp3) is 0.333. The Kier molecular flexibility index (Phi) is 7.37. The number of carbonyl (C=O) groups is 1. The lowest BCUT2D eigenvalue weighted by Crippen LogP contribution is -2.24. The first-order valence-electron chi connectivity index (χ1n) is 9.68. The summed E-state index contributed by atoms with van der Waals surface area (Å²) in [6, 6.07) is 14.0. The van der Waals surface area contributed by atoms with Crippen molar-refractivity contribution in [1.82, 2.24) is 13.9 Å². The number of nitrogens with zero attached hydrogens (tertiary/aromatic N) is 3. The fourth-order valence-corrected chi connectivity index (χ4v) is 4.84. The number of ether oxygens (including phenoxy) is 1. The Morgan fingerprint density at radius 1 is 1.23 bits per heavy atom. The van der Waals surface area contributed by atoms with Gasteiger partial charge in [0.05, 0.1) is 27.8 Å². The van der Waals surface area contributed by atoms with E-state index in [9.17, 15) is 13.2 Å². The van der Waals surface area contributed by atoms with E-state index in [1.165, 1.54) is 38.0 Å². The van der Waals surface area contributed by atoms with Crippen molar-refractivity contribution in [3.63, 3.8) is 0 Å². The number of carbonyl (C=O) groups excluding carboxylic acids is 1. The van der Waals surface area contributed by atoms with Gasteiger partial charge in [-0.1, -0.05) is 30.0 Å². The summed E-state index contributed by atoms with van der Waals surface area (Å²) in [4.78, 5) is 17.6. The second-order valence-electron chi connectivity index (χ2n) is 7.09. The highest BCUT2D eigenvalue weighted by molar-refractivity contribution is 8.00. The van der Waals surface area contributed by atoms with Gasteiger partial charge in [0, 0.05) is 33.4 Å². The molecule has 0 fully saturated rings. The van der Waals surface area contributed by atoms with Crippen LogP contribution in [-0.2, 0) is 26.1 Å². The molecule has 1 aromatic heterocycles. The van der Waals surface area contributed by atoms with Crippen molar-refractivity contribution in [1.29, 1.82) is 0 Å². The van der Waals surface area contributed by atoms with Crippen LogP contribution in [0, 0.1) is 0 Å². The molecule has 1 amide bonds. The predicted molar refractivity (Wildman–Crippen MR) is 123 cm³/mol. The van der Waals surface area contributed by atoms with Crippen molar-refractivity contribution in [2.45, 2.75) is 28.8 Å². The number of fused-ring (bicyclic) bond motifs is 1. The maximum absolute atomic E-state index is 12.8. The highest BCUT2D eigenvalue weighted by Crippen LogP contribution is 2.28. The molecule has 1 N–H and O–H groups in total. The molecule has 0 radical (unpaired) electrons. The van der Waals surface area contributed by atoms with Crippen LogP contribution >= 0.6 is 11.8 Å². The van der Waals surface area contributed by atoms with E-state index >= 15 is 0 Å². The van der Waals surface area contributed by atoms with Crippen molar-refractivity contribution < 1.29 is 17.9 Å². The molecule has 0 aliphatic heterocycles. The van der Waals surface area contributed by atoms with Crippen LogP contribution in [0.15, 0.2) is 58.6 Å². The highest BCUT2D eigenvalue weighted by Gasteiger charge is 2.21. The smallest absolute Gasteiger partial charge is 0.242 e. The molecule has 166 valence electrons. The van der Waals surface area contributed by atoms with Crippen molar-refractivity contribution >= 4 is 44.4 Å². The quantitative estimate of drug-likeness (QED) is 0.491. The maximum Gasteiger partial charge on any atom is 0.242 e. The molecule has 3 rings (SSSR count). The van der Waals surface area contributed by atoms with E-state index in [-0.39, 0.29) is 10.8 Å². The molecule has 8 nitrogen and oxygen atoms in total. The number of para-hydroxylation sites is 2. The third kappa shape index (κ3) is 5.27. The average molecular weight is 463 g/mol. The van der Waals surface area contributed by atoms with E-state index < -0.39 is 15.3 Å². The van der Waals surface area contributed by atoms with Crippen LogP contribution in [0.1, 0.15) is 6.92 Å². The maximum atomic E-state index is 12.8. The van der Waals surface area contributed by atoms with Gasteiger partial charge in [-0.05, 0) is 37.3 Å². The zero-order valence-corrected chi connectivity index (χ0v) is 19.5. The summed E-state index contributed by atoms with van der Waals surface area (Å²) in [5.74, 6) is -0.241. The summed E-state index contributed by atoms with van der Waals surface area (Å²) in [7, 11) is 0.998. The molecule has 0 aliphatic carbocycles. The van der Waals surface area contributed by atoms with Crippen molar-refractivity contribution in [3.8, 4) is 0 Å². The molecular weight excluding hydrogens is 436 g/mol. The van der Waals surface area contributed by atoms with Gasteiger partial charge in [-0.15, -0.1) is 0 Å². The molecule has 2 aromatic carbocycles. The molecule has 0 spiro atoms. The highest BCUT2D eigenvalue weighted by atomic mass is 32.2. The van der Waals surface area contributed by atoms with Gasteiger partial charge >= 0.3 is 0 Å². The number of imidazole rings is 1. The summed E-state index contributed by atoms with van der Waals surface area (Å²) in [6.45, 7) is 2.94. The lowest BCUT2D eigenvalue weighted by Gasteiger charge is -2.15. The summed E-state index contributed by atoms with van der Waals surface area (Å²) in [5.41, 5.74) is 2.26. The van der Waals surface area contributed by atoms with E-state index in [1.807, 2.05) is 28.8 Å². The van der Waals surface area contributed by atoms with E-state index in [0.29, 0.717) is 18.8 Å². The van der Waals surface area contributed by atoms with Crippen LogP contribution in [0.4, 0.5) is 5.69 Å². The minimum Gasteiger partial charge on any atom is -0.383 e. The van der Waals surface area contributed by atoms with Gasteiger partial charge in [0.1, 0.15) is 0 Å². The first kappa shape index (κ1) is 23.3. The van der Waals surface area contributed by atoms with Crippen LogP contribution in [-0.4, -0.2) is 61.2 Å². The Bertz CT molecular complexity index is 1180. The van der Waals surface area contributed by atoms with Gasteiger partial charge in [-0.25, -0.2) is 17.7 Å². The Hall–Kier alpha value is -2.40. The van der Waals surface area contributed by atoms with E-state index in [0.717, 1.165) is 20.5 Å². The molecule has 1 unspecified atom stereocenters. The summed E-state index contributed by atoms with van der Waals surface area (Å²) in [5, 5.41) is 3.08. The van der Waals surface area contributed by atoms with E-state index in [4.69, 9.17) is 4.74 Å². The SMILES string of the molecule is COCCn1c(SC(C)C(=O)Nc2cccc(S(=O)(=O)N(C)C)c2)nc2ccccc21. The van der Waals surface area contributed by atoms with Crippen molar-refractivity contribution in [2.75, 3.05) is 33.1 Å². The van der Waals surface area contributed by atoms with Crippen LogP contribution in [0.25, 0.3) is 11.0 Å². The van der Waals surface area contributed by atoms with Gasteiger partial charge in [-0.2, -0.15) is 0 Å². The number of sulfonamides is 1. The number of hydrogen-bond acceptors (Lipinski definition) is 6. The van der Waals surface area contributed by atoms with Gasteiger partial charge in [-0.3, -0.25) is 4.79 Å². The molecule has 31 heavy (non-hydrogen) atoms. The number of methoxy groups -OCH3 is 1. The zero-order chi connectivity index (χ0) is 22.6. The second kappa shape index (κ2) is 9.82. The Labute approximate surface area is 186 Å². The fourth-order valence-electron chi connectivity index (χ4n) is 2.94. The molecule has 10 heteroatoms. The van der Waals surface area contributed by atoms with Gasteiger partial charge in [0.15, 0.2) is 5.16 Å². The third-order valence-electron chi connectivity index (χ3n) is 4.67. The molecule has 0 aliphatic rings. The Morgan fingerprint density at radius 3 is 2.68 bits per heavy atom. The minimum atomic E-state index is -3.58. The van der Waals surface area contributed by atoms with Crippen LogP contribution < -0.4 is 5.32 Å². The van der Waals surface area contributed by atoms with Gasteiger partial charge in [0.2, 0.25) is 15.9 Å². The molecular formula is C21H26N4O4S2. The van der Waals surface area contributed by atoms with Crippen LogP contribution in [0.5, 0.6) is 0 Å². The molecule has 1 atom stereocenters. The minimum absolute atomic E-state index is 0.122. The lowest BCUT2D eigenvalue weighted by atomic mass is 10.3. The third-order valence-corrected chi connectivity index (χ3v) is 7.57. The summed E-state index contributed by atoms with van der Waals surface area (Å²) < 4.78 is 33.1. The number of rotatable bonds is 9. The number of anilines is 1. The second-order valence-corrected chi connectivity index (χ2v) is 10.6. The molecule has 3 aromatic rings. The van der Waals surface area contributed by atoms with Crippen molar-refractivity contribution in [2.24, 2.45) is 0 Å². The number of aromatic nitrogens is 2.